The predicted molar refractivity (Wildman–Crippen MR) is 70.8 cm³/mol. The lowest BCUT2D eigenvalue weighted by atomic mass is 10.0. The number of rotatable bonds is 4. The Labute approximate surface area is 106 Å². The van der Waals surface area contributed by atoms with E-state index in [1.807, 2.05) is 36.4 Å². The van der Waals surface area contributed by atoms with Crippen molar-refractivity contribution in [2.75, 3.05) is 13.7 Å². The summed E-state index contributed by atoms with van der Waals surface area (Å²) in [6, 6.07) is 11.8. The molecule has 0 bridgehead atoms. The van der Waals surface area contributed by atoms with E-state index in [0.717, 1.165) is 22.1 Å². The lowest BCUT2D eigenvalue weighted by molar-refractivity contribution is -0.142. The molecule has 0 saturated heterocycles. The van der Waals surface area contributed by atoms with Crippen molar-refractivity contribution in [2.45, 2.75) is 13.3 Å². The number of benzene rings is 2. The minimum atomic E-state index is -0.229. The average molecular weight is 244 g/mol. The monoisotopic (exact) mass is 244 g/mol. The fourth-order valence-corrected chi connectivity index (χ4v) is 2.05. The SMILES string of the molecule is CCOC(=O)Cc1c(OC)ccc2ccccc12. The van der Waals surface area contributed by atoms with Crippen LogP contribution in [0.25, 0.3) is 10.8 Å². The number of carbonyl (C=O) groups excluding carboxylic acids is 1. The molecule has 0 aromatic heterocycles. The standard InChI is InChI=1S/C15H16O3/c1-3-18-15(16)10-13-12-7-5-4-6-11(12)8-9-14(13)17-2/h4-9H,3,10H2,1-2H3. The van der Waals surface area contributed by atoms with Crippen LogP contribution in [-0.4, -0.2) is 19.7 Å². The highest BCUT2D eigenvalue weighted by Crippen LogP contribution is 2.28. The number of fused-ring (bicyclic) bond motifs is 1. The zero-order chi connectivity index (χ0) is 13.0. The van der Waals surface area contributed by atoms with Gasteiger partial charge in [-0.25, -0.2) is 0 Å². The van der Waals surface area contributed by atoms with Crippen LogP contribution in [0.1, 0.15) is 12.5 Å². The highest BCUT2D eigenvalue weighted by Gasteiger charge is 2.12. The smallest absolute Gasteiger partial charge is 0.310 e. The molecule has 3 heteroatoms. The van der Waals surface area contributed by atoms with E-state index in [2.05, 4.69) is 0 Å². The van der Waals surface area contributed by atoms with Crippen LogP contribution in [0.15, 0.2) is 36.4 Å². The number of hydrogen-bond donors (Lipinski definition) is 0. The molecule has 0 aliphatic carbocycles. The van der Waals surface area contributed by atoms with Gasteiger partial charge in [0.15, 0.2) is 0 Å². The molecule has 0 saturated carbocycles. The predicted octanol–water partition coefficient (Wildman–Crippen LogP) is 2.95. The summed E-state index contributed by atoms with van der Waals surface area (Å²) in [5.41, 5.74) is 0.883. The largest absolute Gasteiger partial charge is 0.496 e. The quantitative estimate of drug-likeness (QED) is 0.776. The third kappa shape index (κ3) is 2.45. The zero-order valence-corrected chi connectivity index (χ0v) is 10.6. The third-order valence-corrected chi connectivity index (χ3v) is 2.84. The number of esters is 1. The topological polar surface area (TPSA) is 35.5 Å². The normalized spacial score (nSPS) is 10.3. The highest BCUT2D eigenvalue weighted by atomic mass is 16.5. The van der Waals surface area contributed by atoms with E-state index in [4.69, 9.17) is 9.47 Å². The van der Waals surface area contributed by atoms with Crippen LogP contribution in [0, 0.1) is 0 Å². The number of ether oxygens (including phenoxy) is 2. The van der Waals surface area contributed by atoms with Crippen molar-refractivity contribution in [3.05, 3.63) is 42.0 Å². The molecule has 0 spiro atoms. The molecular weight excluding hydrogens is 228 g/mol. The maximum Gasteiger partial charge on any atom is 0.310 e. The van der Waals surface area contributed by atoms with E-state index in [1.54, 1.807) is 14.0 Å². The minimum Gasteiger partial charge on any atom is -0.496 e. The van der Waals surface area contributed by atoms with Gasteiger partial charge in [0, 0.05) is 5.56 Å². The Morgan fingerprint density at radius 2 is 1.94 bits per heavy atom. The van der Waals surface area contributed by atoms with Crippen molar-refractivity contribution in [2.24, 2.45) is 0 Å². The van der Waals surface area contributed by atoms with Gasteiger partial charge in [0.2, 0.25) is 0 Å². The Hall–Kier alpha value is -2.03. The van der Waals surface area contributed by atoms with Gasteiger partial charge in [-0.2, -0.15) is 0 Å². The summed E-state index contributed by atoms with van der Waals surface area (Å²) in [6.07, 6.45) is 0.234. The Kier molecular flexibility index (Phi) is 3.82. The summed E-state index contributed by atoms with van der Waals surface area (Å²) in [5.74, 6) is 0.494. The number of methoxy groups -OCH3 is 1. The minimum absolute atomic E-state index is 0.229. The van der Waals surface area contributed by atoms with E-state index < -0.39 is 0 Å². The summed E-state index contributed by atoms with van der Waals surface area (Å²) < 4.78 is 10.3. The van der Waals surface area contributed by atoms with Gasteiger partial charge in [0.05, 0.1) is 20.1 Å². The summed E-state index contributed by atoms with van der Waals surface area (Å²) in [7, 11) is 1.61. The lowest BCUT2D eigenvalue weighted by Gasteiger charge is -2.11. The molecule has 0 fully saturated rings. The molecule has 2 aromatic carbocycles. The zero-order valence-electron chi connectivity index (χ0n) is 10.6. The maximum atomic E-state index is 11.6. The summed E-state index contributed by atoms with van der Waals surface area (Å²) in [5, 5.41) is 2.13. The van der Waals surface area contributed by atoms with Gasteiger partial charge < -0.3 is 9.47 Å². The van der Waals surface area contributed by atoms with Gasteiger partial charge in [-0.05, 0) is 23.8 Å². The van der Waals surface area contributed by atoms with Crippen LogP contribution < -0.4 is 4.74 Å². The molecule has 3 nitrogen and oxygen atoms in total. The fraction of sp³-hybridized carbons (Fsp3) is 0.267. The molecule has 0 N–H and O–H groups in total. The van der Waals surface area contributed by atoms with Crippen molar-refractivity contribution in [1.29, 1.82) is 0 Å². The molecular formula is C15H16O3. The first-order chi connectivity index (χ1) is 8.76. The second-order valence-corrected chi connectivity index (χ2v) is 3.95. The van der Waals surface area contributed by atoms with Gasteiger partial charge in [-0.1, -0.05) is 30.3 Å². The van der Waals surface area contributed by atoms with Crippen molar-refractivity contribution < 1.29 is 14.3 Å². The first kappa shape index (κ1) is 12.4. The van der Waals surface area contributed by atoms with Crippen LogP contribution in [0.5, 0.6) is 5.75 Å². The Morgan fingerprint density at radius 1 is 1.17 bits per heavy atom. The van der Waals surface area contributed by atoms with Gasteiger partial charge in [-0.15, -0.1) is 0 Å². The molecule has 0 heterocycles. The number of carbonyl (C=O) groups is 1. The van der Waals surface area contributed by atoms with Crippen molar-refractivity contribution in [3.63, 3.8) is 0 Å². The molecule has 0 atom stereocenters. The van der Waals surface area contributed by atoms with Crippen LogP contribution in [0.3, 0.4) is 0 Å². The van der Waals surface area contributed by atoms with E-state index in [0.29, 0.717) is 6.61 Å². The van der Waals surface area contributed by atoms with Gasteiger partial charge >= 0.3 is 5.97 Å². The second kappa shape index (κ2) is 5.54. The van der Waals surface area contributed by atoms with Crippen LogP contribution in [0.4, 0.5) is 0 Å². The van der Waals surface area contributed by atoms with E-state index >= 15 is 0 Å². The molecule has 2 rings (SSSR count). The van der Waals surface area contributed by atoms with Crippen molar-refractivity contribution in [3.8, 4) is 5.75 Å². The Bertz CT molecular complexity index is 561. The van der Waals surface area contributed by atoms with E-state index in [-0.39, 0.29) is 12.4 Å². The van der Waals surface area contributed by atoms with Crippen LogP contribution in [-0.2, 0) is 16.0 Å². The average Bonchev–Trinajstić information content (AvgIpc) is 2.39. The maximum absolute atomic E-state index is 11.6. The van der Waals surface area contributed by atoms with Crippen molar-refractivity contribution >= 4 is 16.7 Å². The van der Waals surface area contributed by atoms with Gasteiger partial charge in [0.1, 0.15) is 5.75 Å². The van der Waals surface area contributed by atoms with E-state index in [9.17, 15) is 4.79 Å². The molecule has 0 aliphatic heterocycles. The van der Waals surface area contributed by atoms with E-state index in [1.165, 1.54) is 0 Å². The molecule has 0 radical (unpaired) electrons. The summed E-state index contributed by atoms with van der Waals surface area (Å²) >= 11 is 0. The molecule has 2 aromatic rings. The molecule has 0 amide bonds. The van der Waals surface area contributed by atoms with Crippen LogP contribution >= 0.6 is 0 Å². The lowest BCUT2D eigenvalue weighted by Crippen LogP contribution is -2.09. The second-order valence-electron chi connectivity index (χ2n) is 3.95. The summed E-state index contributed by atoms with van der Waals surface area (Å²) in [6.45, 7) is 2.20. The molecule has 0 unspecified atom stereocenters. The molecule has 0 aliphatic rings. The molecule has 94 valence electrons. The molecule has 18 heavy (non-hydrogen) atoms. The van der Waals surface area contributed by atoms with Crippen LogP contribution in [0.2, 0.25) is 0 Å². The Morgan fingerprint density at radius 3 is 2.67 bits per heavy atom. The third-order valence-electron chi connectivity index (χ3n) is 2.84. The van der Waals surface area contributed by atoms with Crippen molar-refractivity contribution in [1.82, 2.24) is 0 Å². The summed E-state index contributed by atoms with van der Waals surface area (Å²) in [4.78, 5) is 11.6. The van der Waals surface area contributed by atoms with Gasteiger partial charge in [0.25, 0.3) is 0 Å². The number of hydrogen-bond acceptors (Lipinski definition) is 3. The Balaban J connectivity index is 2.47. The fourth-order valence-electron chi connectivity index (χ4n) is 2.05. The first-order valence-electron chi connectivity index (χ1n) is 5.96. The first-order valence-corrected chi connectivity index (χ1v) is 5.96. The highest BCUT2D eigenvalue weighted by molar-refractivity contribution is 5.91. The van der Waals surface area contributed by atoms with Gasteiger partial charge in [-0.3, -0.25) is 4.79 Å².